The number of piperidine rings is 1. The van der Waals surface area contributed by atoms with Gasteiger partial charge >= 0.3 is 0 Å². The number of hydrogen-bond acceptors (Lipinski definition) is 2. The molecule has 5 heteroatoms. The Balaban J connectivity index is 2.03. The molecule has 1 heterocycles. The van der Waals surface area contributed by atoms with Gasteiger partial charge in [-0.05, 0) is 31.5 Å². The van der Waals surface area contributed by atoms with E-state index in [9.17, 15) is 13.6 Å². The maximum atomic E-state index is 13.6. The lowest BCUT2D eigenvalue weighted by atomic mass is 10.0. The Hall–Kier alpha value is -1.49. The van der Waals surface area contributed by atoms with Gasteiger partial charge in [0, 0.05) is 19.1 Å². The minimum absolute atomic E-state index is 0.179. The minimum atomic E-state index is -1.05. The molecule has 1 saturated heterocycles. The van der Waals surface area contributed by atoms with Crippen molar-refractivity contribution in [1.29, 1.82) is 0 Å². The van der Waals surface area contributed by atoms with Gasteiger partial charge in [0.2, 0.25) is 0 Å². The van der Waals surface area contributed by atoms with Crippen molar-refractivity contribution in [3.05, 3.63) is 35.4 Å². The number of benzene rings is 1. The van der Waals surface area contributed by atoms with Gasteiger partial charge in [0.05, 0.1) is 5.56 Å². The number of carbonyl (C=O) groups excluding carboxylic acids is 1. The third kappa shape index (κ3) is 3.10. The third-order valence-corrected chi connectivity index (χ3v) is 3.46. The van der Waals surface area contributed by atoms with Crippen LogP contribution < -0.4 is 5.32 Å². The summed E-state index contributed by atoms with van der Waals surface area (Å²) >= 11 is 0. The van der Waals surface area contributed by atoms with Gasteiger partial charge in [-0.1, -0.05) is 13.0 Å². The largest absolute Gasteiger partial charge is 0.338 e. The van der Waals surface area contributed by atoms with Crippen molar-refractivity contribution in [2.75, 3.05) is 19.6 Å². The molecule has 1 aliphatic rings. The van der Waals surface area contributed by atoms with Crippen molar-refractivity contribution in [3.63, 3.8) is 0 Å². The molecular weight excluding hydrogens is 250 g/mol. The van der Waals surface area contributed by atoms with Crippen LogP contribution in [-0.2, 0) is 0 Å². The summed E-state index contributed by atoms with van der Waals surface area (Å²) < 4.78 is 26.7. The first kappa shape index (κ1) is 13.9. The van der Waals surface area contributed by atoms with Crippen molar-refractivity contribution >= 4 is 5.91 Å². The highest BCUT2D eigenvalue weighted by atomic mass is 19.2. The zero-order valence-electron chi connectivity index (χ0n) is 11.0. The van der Waals surface area contributed by atoms with Crippen molar-refractivity contribution in [3.8, 4) is 0 Å². The number of likely N-dealkylation sites (tertiary alicyclic amines) is 1. The second-order valence-electron chi connectivity index (χ2n) is 4.73. The van der Waals surface area contributed by atoms with Crippen LogP contribution in [0, 0.1) is 11.6 Å². The lowest BCUT2D eigenvalue weighted by molar-refractivity contribution is 0.0700. The summed E-state index contributed by atoms with van der Waals surface area (Å²) in [6.07, 6.45) is 1.69. The molecule has 1 fully saturated rings. The first-order valence-electron chi connectivity index (χ1n) is 6.60. The van der Waals surface area contributed by atoms with E-state index in [0.717, 1.165) is 25.5 Å². The van der Waals surface area contributed by atoms with Gasteiger partial charge in [-0.25, -0.2) is 8.78 Å². The molecule has 0 saturated carbocycles. The predicted molar refractivity (Wildman–Crippen MR) is 69.0 cm³/mol. The first-order chi connectivity index (χ1) is 9.13. The number of nitrogens with one attached hydrogen (secondary N) is 1. The summed E-state index contributed by atoms with van der Waals surface area (Å²) in [6.45, 7) is 4.09. The third-order valence-electron chi connectivity index (χ3n) is 3.46. The highest BCUT2D eigenvalue weighted by molar-refractivity contribution is 5.94. The summed E-state index contributed by atoms with van der Waals surface area (Å²) in [5, 5.41) is 3.33. The normalized spacial score (nSPS) is 16.7. The highest BCUT2D eigenvalue weighted by Gasteiger charge is 2.25. The van der Waals surface area contributed by atoms with Crippen LogP contribution in [0.1, 0.15) is 30.1 Å². The molecule has 19 heavy (non-hydrogen) atoms. The zero-order chi connectivity index (χ0) is 13.8. The smallest absolute Gasteiger partial charge is 0.256 e. The van der Waals surface area contributed by atoms with Crippen molar-refractivity contribution in [2.45, 2.75) is 25.8 Å². The van der Waals surface area contributed by atoms with Gasteiger partial charge in [-0.2, -0.15) is 0 Å². The molecular formula is C14H18F2N2O. The Morgan fingerprint density at radius 2 is 2.05 bits per heavy atom. The number of amides is 1. The molecule has 0 bridgehead atoms. The fraction of sp³-hybridized carbons (Fsp3) is 0.500. The van der Waals surface area contributed by atoms with Crippen LogP contribution in [0.2, 0.25) is 0 Å². The molecule has 0 unspecified atom stereocenters. The molecule has 1 aromatic rings. The van der Waals surface area contributed by atoms with E-state index in [1.165, 1.54) is 12.1 Å². The monoisotopic (exact) mass is 268 g/mol. The summed E-state index contributed by atoms with van der Waals surface area (Å²) in [5.74, 6) is -2.46. The van der Waals surface area contributed by atoms with Gasteiger partial charge in [-0.3, -0.25) is 4.79 Å². The topological polar surface area (TPSA) is 32.3 Å². The van der Waals surface area contributed by atoms with Crippen molar-refractivity contribution < 1.29 is 13.6 Å². The van der Waals surface area contributed by atoms with E-state index in [1.54, 1.807) is 4.90 Å². The van der Waals surface area contributed by atoms with Gasteiger partial charge in [0.15, 0.2) is 11.6 Å². The Bertz CT molecular complexity index is 457. The van der Waals surface area contributed by atoms with Crippen LogP contribution in [-0.4, -0.2) is 36.5 Å². The van der Waals surface area contributed by atoms with E-state index >= 15 is 0 Å². The number of hydrogen-bond donors (Lipinski definition) is 1. The molecule has 1 aromatic carbocycles. The van der Waals surface area contributed by atoms with Crippen molar-refractivity contribution in [2.24, 2.45) is 0 Å². The fourth-order valence-electron chi connectivity index (χ4n) is 2.41. The standard InChI is InChI=1S/C14H18F2N2O/c1-2-17-10-6-8-18(9-7-10)14(19)11-4-3-5-12(15)13(11)16/h3-5,10,17H,2,6-9H2,1H3. The number of carbonyl (C=O) groups is 1. The molecule has 1 amide bonds. The van der Waals surface area contributed by atoms with E-state index in [0.29, 0.717) is 19.1 Å². The van der Waals surface area contributed by atoms with Gasteiger partial charge in [0.25, 0.3) is 5.91 Å². The number of rotatable bonds is 3. The zero-order valence-corrected chi connectivity index (χ0v) is 11.0. The van der Waals surface area contributed by atoms with E-state index in [-0.39, 0.29) is 5.56 Å². The Labute approximate surface area is 111 Å². The van der Waals surface area contributed by atoms with E-state index in [1.807, 2.05) is 6.92 Å². The second kappa shape index (κ2) is 6.10. The SMILES string of the molecule is CCNC1CCN(C(=O)c2cccc(F)c2F)CC1. The van der Waals surface area contributed by atoms with Crippen LogP contribution >= 0.6 is 0 Å². The molecule has 0 radical (unpaired) electrons. The van der Waals surface area contributed by atoms with Crippen LogP contribution in [0.5, 0.6) is 0 Å². The molecule has 0 aromatic heterocycles. The van der Waals surface area contributed by atoms with Crippen molar-refractivity contribution in [1.82, 2.24) is 10.2 Å². The molecule has 1 N–H and O–H groups in total. The highest BCUT2D eigenvalue weighted by Crippen LogP contribution is 2.17. The predicted octanol–water partition coefficient (Wildman–Crippen LogP) is 2.18. The van der Waals surface area contributed by atoms with Crippen LogP contribution in [0.25, 0.3) is 0 Å². The summed E-state index contributed by atoms with van der Waals surface area (Å²) in [4.78, 5) is 13.7. The summed E-state index contributed by atoms with van der Waals surface area (Å²) in [7, 11) is 0. The van der Waals surface area contributed by atoms with Crippen LogP contribution in [0.4, 0.5) is 8.78 Å². The lowest BCUT2D eigenvalue weighted by Gasteiger charge is -2.32. The Morgan fingerprint density at radius 3 is 2.68 bits per heavy atom. The quantitative estimate of drug-likeness (QED) is 0.911. The van der Waals surface area contributed by atoms with Gasteiger partial charge < -0.3 is 10.2 Å². The van der Waals surface area contributed by atoms with Crippen LogP contribution in [0.3, 0.4) is 0 Å². The average molecular weight is 268 g/mol. The molecule has 0 aliphatic carbocycles. The van der Waals surface area contributed by atoms with E-state index in [4.69, 9.17) is 0 Å². The van der Waals surface area contributed by atoms with Crippen LogP contribution in [0.15, 0.2) is 18.2 Å². The maximum Gasteiger partial charge on any atom is 0.256 e. The molecule has 3 nitrogen and oxygen atoms in total. The molecule has 1 aliphatic heterocycles. The Morgan fingerprint density at radius 1 is 1.37 bits per heavy atom. The average Bonchev–Trinajstić information content (AvgIpc) is 2.42. The molecule has 2 rings (SSSR count). The maximum absolute atomic E-state index is 13.6. The second-order valence-corrected chi connectivity index (χ2v) is 4.73. The van der Waals surface area contributed by atoms with Gasteiger partial charge in [-0.15, -0.1) is 0 Å². The molecule has 104 valence electrons. The van der Waals surface area contributed by atoms with E-state index in [2.05, 4.69) is 5.32 Å². The van der Waals surface area contributed by atoms with E-state index < -0.39 is 17.5 Å². The summed E-state index contributed by atoms with van der Waals surface area (Å²) in [5.41, 5.74) is -0.179. The Kier molecular flexibility index (Phi) is 4.47. The summed E-state index contributed by atoms with van der Waals surface area (Å²) in [6, 6.07) is 4.11. The number of halogens is 2. The lowest BCUT2D eigenvalue weighted by Crippen LogP contribution is -2.45. The molecule has 0 spiro atoms. The van der Waals surface area contributed by atoms with Gasteiger partial charge in [0.1, 0.15) is 0 Å². The first-order valence-corrected chi connectivity index (χ1v) is 6.60. The number of nitrogens with zero attached hydrogens (tertiary/aromatic N) is 1. The fourth-order valence-corrected chi connectivity index (χ4v) is 2.41. The molecule has 0 atom stereocenters. The minimum Gasteiger partial charge on any atom is -0.338 e.